The van der Waals surface area contributed by atoms with Crippen molar-refractivity contribution in [2.75, 3.05) is 0 Å². The zero-order valence-electron chi connectivity index (χ0n) is 14.4. The number of hydrogen-bond donors (Lipinski definition) is 1. The van der Waals surface area contributed by atoms with E-state index in [0.717, 1.165) is 18.4 Å². The van der Waals surface area contributed by atoms with Crippen LogP contribution in [0.3, 0.4) is 0 Å². The second kappa shape index (κ2) is 8.34. The van der Waals surface area contributed by atoms with E-state index in [1.165, 1.54) is 19.3 Å². The number of para-hydroxylation sites is 1. The fourth-order valence-corrected chi connectivity index (χ4v) is 3.41. The number of pyridine rings is 1. The summed E-state index contributed by atoms with van der Waals surface area (Å²) in [6.07, 6.45) is 5.74. The third-order valence-electron chi connectivity index (χ3n) is 4.51. The summed E-state index contributed by atoms with van der Waals surface area (Å²) in [5.74, 6) is 0.547. The molecule has 0 unspecified atom stereocenters. The number of nitrogens with one attached hydrogen (secondary N) is 1. The molecule has 4 nitrogen and oxygen atoms in total. The van der Waals surface area contributed by atoms with E-state index < -0.39 is 0 Å². The van der Waals surface area contributed by atoms with Crippen LogP contribution in [0.4, 0.5) is 0 Å². The molecule has 0 atom stereocenters. The van der Waals surface area contributed by atoms with E-state index in [1.54, 1.807) is 12.1 Å². The number of aromatic nitrogens is 1. The molecular formula is C20H23ClN2O2. The first kappa shape index (κ1) is 17.7. The minimum atomic E-state index is -0.109. The zero-order valence-corrected chi connectivity index (χ0v) is 15.2. The van der Waals surface area contributed by atoms with E-state index >= 15 is 0 Å². The standard InChI is InChI=1S/C20H23ClN2O2/c1-14-7-5-11-17(21)19(14)25-13-16-10-6-12-18(22-16)20(24)23-15-8-3-2-4-9-15/h5-7,10-12,15H,2-4,8-9,13H2,1H3,(H,23,24). The first-order valence-corrected chi connectivity index (χ1v) is 9.16. The number of hydrogen-bond acceptors (Lipinski definition) is 3. The maximum Gasteiger partial charge on any atom is 0.270 e. The Balaban J connectivity index is 1.63. The van der Waals surface area contributed by atoms with Crippen LogP contribution in [0.5, 0.6) is 5.75 Å². The Morgan fingerprint density at radius 3 is 2.72 bits per heavy atom. The average molecular weight is 359 g/mol. The fraction of sp³-hybridized carbons (Fsp3) is 0.400. The average Bonchev–Trinajstić information content (AvgIpc) is 2.62. The third kappa shape index (κ3) is 4.73. The van der Waals surface area contributed by atoms with Crippen molar-refractivity contribution in [1.82, 2.24) is 10.3 Å². The van der Waals surface area contributed by atoms with Crippen molar-refractivity contribution in [3.05, 3.63) is 58.4 Å². The van der Waals surface area contributed by atoms with Crippen molar-refractivity contribution in [2.24, 2.45) is 0 Å². The summed E-state index contributed by atoms with van der Waals surface area (Å²) >= 11 is 6.18. The van der Waals surface area contributed by atoms with Gasteiger partial charge in [0.2, 0.25) is 0 Å². The second-order valence-corrected chi connectivity index (χ2v) is 6.90. The highest BCUT2D eigenvalue weighted by atomic mass is 35.5. The van der Waals surface area contributed by atoms with Gasteiger partial charge >= 0.3 is 0 Å². The molecule has 0 radical (unpaired) electrons. The van der Waals surface area contributed by atoms with Gasteiger partial charge in [-0.05, 0) is 43.5 Å². The number of aryl methyl sites for hydroxylation is 1. The number of carbonyl (C=O) groups excluding carboxylic acids is 1. The SMILES string of the molecule is Cc1cccc(Cl)c1OCc1cccc(C(=O)NC2CCCCC2)n1. The fourth-order valence-electron chi connectivity index (χ4n) is 3.14. The van der Waals surface area contributed by atoms with Crippen LogP contribution in [0.2, 0.25) is 5.02 Å². The molecule has 1 saturated carbocycles. The molecule has 1 aliphatic rings. The van der Waals surface area contributed by atoms with Crippen molar-refractivity contribution in [3.8, 4) is 5.75 Å². The minimum Gasteiger partial charge on any atom is -0.485 e. The van der Waals surface area contributed by atoms with E-state index in [4.69, 9.17) is 16.3 Å². The Morgan fingerprint density at radius 1 is 1.20 bits per heavy atom. The number of amides is 1. The molecule has 0 bridgehead atoms. The summed E-state index contributed by atoms with van der Waals surface area (Å²) in [6.45, 7) is 2.22. The smallest absolute Gasteiger partial charge is 0.270 e. The van der Waals surface area contributed by atoms with Gasteiger partial charge in [0, 0.05) is 6.04 Å². The third-order valence-corrected chi connectivity index (χ3v) is 4.81. The Bertz CT molecular complexity index is 722. The van der Waals surface area contributed by atoms with Gasteiger partial charge in [-0.25, -0.2) is 4.98 Å². The monoisotopic (exact) mass is 358 g/mol. The molecule has 1 aromatic heterocycles. The lowest BCUT2D eigenvalue weighted by Gasteiger charge is -2.22. The van der Waals surface area contributed by atoms with Gasteiger partial charge in [0.15, 0.2) is 0 Å². The molecule has 1 amide bonds. The predicted octanol–water partition coefficient (Wildman–Crippen LogP) is 4.68. The summed E-state index contributed by atoms with van der Waals surface area (Å²) in [5.41, 5.74) is 2.11. The van der Waals surface area contributed by atoms with Crippen molar-refractivity contribution in [1.29, 1.82) is 0 Å². The van der Waals surface area contributed by atoms with Crippen LogP contribution in [0.1, 0.15) is 53.8 Å². The molecule has 1 fully saturated rings. The van der Waals surface area contributed by atoms with E-state index in [1.807, 2.05) is 31.2 Å². The lowest BCUT2D eigenvalue weighted by Crippen LogP contribution is -2.36. The van der Waals surface area contributed by atoms with E-state index in [2.05, 4.69) is 10.3 Å². The van der Waals surface area contributed by atoms with Gasteiger partial charge in [0.05, 0.1) is 10.7 Å². The van der Waals surface area contributed by atoms with Crippen LogP contribution in [0.25, 0.3) is 0 Å². The molecule has 0 aliphatic heterocycles. The number of ether oxygens (including phenoxy) is 1. The number of halogens is 1. The largest absolute Gasteiger partial charge is 0.485 e. The molecule has 1 heterocycles. The molecule has 0 saturated heterocycles. The predicted molar refractivity (Wildman–Crippen MR) is 99.1 cm³/mol. The highest BCUT2D eigenvalue weighted by Gasteiger charge is 2.17. The van der Waals surface area contributed by atoms with E-state index in [0.29, 0.717) is 22.2 Å². The van der Waals surface area contributed by atoms with Crippen molar-refractivity contribution in [3.63, 3.8) is 0 Å². The molecule has 2 aromatic rings. The number of nitrogens with zero attached hydrogens (tertiary/aromatic N) is 1. The normalized spacial score (nSPS) is 15.0. The Kier molecular flexibility index (Phi) is 5.92. The molecule has 1 aromatic carbocycles. The Morgan fingerprint density at radius 2 is 1.96 bits per heavy atom. The molecule has 1 N–H and O–H groups in total. The van der Waals surface area contributed by atoms with Gasteiger partial charge in [0.1, 0.15) is 18.1 Å². The molecule has 1 aliphatic carbocycles. The second-order valence-electron chi connectivity index (χ2n) is 6.50. The van der Waals surface area contributed by atoms with Gasteiger partial charge in [-0.15, -0.1) is 0 Å². The summed E-state index contributed by atoms with van der Waals surface area (Å²) < 4.78 is 5.81. The minimum absolute atomic E-state index is 0.109. The molecule has 0 spiro atoms. The van der Waals surface area contributed by atoms with Crippen LogP contribution in [-0.4, -0.2) is 16.9 Å². The molecule has 5 heteroatoms. The van der Waals surface area contributed by atoms with Crippen LogP contribution in [0.15, 0.2) is 36.4 Å². The van der Waals surface area contributed by atoms with Gasteiger partial charge < -0.3 is 10.1 Å². The van der Waals surface area contributed by atoms with Crippen LogP contribution in [-0.2, 0) is 6.61 Å². The Hall–Kier alpha value is -2.07. The molecular weight excluding hydrogens is 336 g/mol. The molecule has 3 rings (SSSR count). The van der Waals surface area contributed by atoms with Crippen molar-refractivity contribution < 1.29 is 9.53 Å². The van der Waals surface area contributed by atoms with Gasteiger partial charge in [0.25, 0.3) is 5.91 Å². The lowest BCUT2D eigenvalue weighted by molar-refractivity contribution is 0.0922. The summed E-state index contributed by atoms with van der Waals surface area (Å²) in [4.78, 5) is 16.8. The van der Waals surface area contributed by atoms with Gasteiger partial charge in [-0.2, -0.15) is 0 Å². The van der Waals surface area contributed by atoms with E-state index in [-0.39, 0.29) is 18.6 Å². The zero-order chi connectivity index (χ0) is 17.6. The first-order valence-electron chi connectivity index (χ1n) is 8.78. The van der Waals surface area contributed by atoms with Crippen LogP contribution in [0, 0.1) is 6.92 Å². The number of rotatable bonds is 5. The Labute approximate surface area is 153 Å². The topological polar surface area (TPSA) is 51.2 Å². The molecule has 25 heavy (non-hydrogen) atoms. The summed E-state index contributed by atoms with van der Waals surface area (Å²) in [7, 11) is 0. The molecule has 132 valence electrons. The summed E-state index contributed by atoms with van der Waals surface area (Å²) in [6, 6.07) is 11.3. The number of carbonyl (C=O) groups is 1. The number of benzene rings is 1. The van der Waals surface area contributed by atoms with Crippen LogP contribution < -0.4 is 10.1 Å². The maximum absolute atomic E-state index is 12.4. The maximum atomic E-state index is 12.4. The highest BCUT2D eigenvalue weighted by Crippen LogP contribution is 2.28. The van der Waals surface area contributed by atoms with Gasteiger partial charge in [-0.1, -0.05) is 49.1 Å². The van der Waals surface area contributed by atoms with Crippen molar-refractivity contribution in [2.45, 2.75) is 51.7 Å². The quantitative estimate of drug-likeness (QED) is 0.843. The highest BCUT2D eigenvalue weighted by molar-refractivity contribution is 6.32. The summed E-state index contributed by atoms with van der Waals surface area (Å²) in [5, 5.41) is 3.67. The van der Waals surface area contributed by atoms with Crippen LogP contribution >= 0.6 is 11.6 Å². The van der Waals surface area contributed by atoms with Gasteiger partial charge in [-0.3, -0.25) is 4.79 Å². The lowest BCUT2D eigenvalue weighted by atomic mass is 9.95. The first-order chi connectivity index (χ1) is 12.1. The van der Waals surface area contributed by atoms with Crippen molar-refractivity contribution >= 4 is 17.5 Å². The van der Waals surface area contributed by atoms with E-state index in [9.17, 15) is 4.79 Å².